The Bertz CT molecular complexity index is 3040. The molecule has 1 heterocycles. The first-order valence-corrected chi connectivity index (χ1v) is 17.7. The predicted molar refractivity (Wildman–Crippen MR) is 219 cm³/mol. The molecule has 0 fully saturated rings. The third-order valence-corrected chi connectivity index (χ3v) is 10.9. The van der Waals surface area contributed by atoms with Crippen LogP contribution in [0, 0.1) is 0 Å². The van der Waals surface area contributed by atoms with Crippen LogP contribution in [-0.4, -0.2) is 4.57 Å². The molecule has 0 saturated carbocycles. The lowest BCUT2D eigenvalue weighted by molar-refractivity contribution is 1.18. The Balaban J connectivity index is 1.23. The van der Waals surface area contributed by atoms with Crippen LogP contribution < -0.4 is 0 Å². The molecule has 1 heteroatoms. The van der Waals surface area contributed by atoms with Gasteiger partial charge in [0.15, 0.2) is 0 Å². The van der Waals surface area contributed by atoms with Crippen LogP contribution in [0.1, 0.15) is 0 Å². The van der Waals surface area contributed by atoms with E-state index in [2.05, 4.69) is 193 Å². The van der Waals surface area contributed by atoms with Crippen molar-refractivity contribution in [2.75, 3.05) is 0 Å². The third-order valence-electron chi connectivity index (χ3n) is 10.9. The summed E-state index contributed by atoms with van der Waals surface area (Å²) in [5, 5.41) is 15.3. The molecular formula is C50H31N. The first-order valence-electron chi connectivity index (χ1n) is 17.7. The Labute approximate surface area is 295 Å². The summed E-state index contributed by atoms with van der Waals surface area (Å²) in [5.74, 6) is 0. The summed E-state index contributed by atoms with van der Waals surface area (Å²) in [5.41, 5.74) is 8.63. The van der Waals surface area contributed by atoms with Gasteiger partial charge in [0.2, 0.25) is 0 Å². The van der Waals surface area contributed by atoms with E-state index < -0.39 is 0 Å². The molecule has 1 nitrogen and oxygen atoms in total. The van der Waals surface area contributed by atoms with Crippen LogP contribution in [0.15, 0.2) is 188 Å². The predicted octanol–water partition coefficient (Wildman–Crippen LogP) is 13.9. The lowest BCUT2D eigenvalue weighted by Gasteiger charge is -2.19. The van der Waals surface area contributed by atoms with Gasteiger partial charge >= 0.3 is 0 Å². The van der Waals surface area contributed by atoms with Gasteiger partial charge in [-0.2, -0.15) is 0 Å². The lowest BCUT2D eigenvalue weighted by Crippen LogP contribution is -1.96. The summed E-state index contributed by atoms with van der Waals surface area (Å²) in [6, 6.07) is 69.3. The average Bonchev–Trinajstić information content (AvgIpc) is 3.55. The maximum absolute atomic E-state index is 2.47. The molecule has 236 valence electrons. The van der Waals surface area contributed by atoms with E-state index in [4.69, 9.17) is 0 Å². The Morgan fingerprint density at radius 1 is 0.294 bits per heavy atom. The molecule has 0 saturated heterocycles. The van der Waals surface area contributed by atoms with Gasteiger partial charge in [-0.05, 0) is 100 Å². The largest absolute Gasteiger partial charge is 0.309 e. The van der Waals surface area contributed by atoms with E-state index in [0.717, 1.165) is 5.69 Å². The van der Waals surface area contributed by atoms with Crippen LogP contribution in [0.3, 0.4) is 0 Å². The van der Waals surface area contributed by atoms with Gasteiger partial charge in [0, 0.05) is 16.5 Å². The average molecular weight is 646 g/mol. The van der Waals surface area contributed by atoms with E-state index in [1.807, 2.05) is 0 Å². The zero-order chi connectivity index (χ0) is 33.5. The van der Waals surface area contributed by atoms with Crippen molar-refractivity contribution in [2.24, 2.45) is 0 Å². The van der Waals surface area contributed by atoms with Crippen molar-refractivity contribution in [3.8, 4) is 27.9 Å². The molecule has 51 heavy (non-hydrogen) atoms. The van der Waals surface area contributed by atoms with Gasteiger partial charge < -0.3 is 4.57 Å². The molecule has 10 aromatic carbocycles. The second kappa shape index (κ2) is 10.9. The topological polar surface area (TPSA) is 4.93 Å². The van der Waals surface area contributed by atoms with E-state index in [1.54, 1.807) is 0 Å². The highest BCUT2D eigenvalue weighted by molar-refractivity contribution is 6.29. The highest BCUT2D eigenvalue weighted by Crippen LogP contribution is 2.46. The number of benzene rings is 10. The summed E-state index contributed by atoms with van der Waals surface area (Å²) >= 11 is 0. The fourth-order valence-corrected chi connectivity index (χ4v) is 8.80. The van der Waals surface area contributed by atoms with Crippen LogP contribution in [0.2, 0.25) is 0 Å². The molecule has 0 N–H and O–H groups in total. The van der Waals surface area contributed by atoms with Gasteiger partial charge in [0.1, 0.15) is 0 Å². The van der Waals surface area contributed by atoms with E-state index in [-0.39, 0.29) is 0 Å². The van der Waals surface area contributed by atoms with Gasteiger partial charge in [-0.3, -0.25) is 0 Å². The van der Waals surface area contributed by atoms with Gasteiger partial charge in [0.05, 0.1) is 11.0 Å². The maximum atomic E-state index is 2.47. The smallest absolute Gasteiger partial charge is 0.0547 e. The highest BCUT2D eigenvalue weighted by Gasteiger charge is 2.20. The van der Waals surface area contributed by atoms with Crippen LogP contribution in [0.5, 0.6) is 0 Å². The molecule has 11 aromatic rings. The standard InChI is InChI=1S/C50H31N/c1-4-19-37-32(13-1)16-12-26-40(37)48-43-24-9-7-22-41(43)47(42-23-8-10-25-44(42)48)35-17-11-18-36(31-35)51-45-29-27-33-14-2-5-20-38(33)49(45)50-39-21-6-3-15-34(39)28-30-46(50)51/h1-31H. The van der Waals surface area contributed by atoms with Gasteiger partial charge in [-0.15, -0.1) is 0 Å². The number of hydrogen-bond acceptors (Lipinski definition) is 0. The molecule has 1 aromatic heterocycles. The van der Waals surface area contributed by atoms with E-state index in [0.29, 0.717) is 0 Å². The number of aromatic nitrogens is 1. The van der Waals surface area contributed by atoms with Crippen molar-refractivity contribution >= 4 is 75.7 Å². The molecule has 0 unspecified atom stereocenters. The minimum absolute atomic E-state index is 1.16. The molecule has 0 aliphatic rings. The van der Waals surface area contributed by atoms with Crippen molar-refractivity contribution in [3.05, 3.63) is 188 Å². The maximum Gasteiger partial charge on any atom is 0.0547 e. The molecule has 0 amide bonds. The normalized spacial score (nSPS) is 11.9. The zero-order valence-corrected chi connectivity index (χ0v) is 27.8. The molecule has 0 bridgehead atoms. The molecule has 11 rings (SSSR count). The number of hydrogen-bond donors (Lipinski definition) is 0. The Hall–Kier alpha value is -6.70. The van der Waals surface area contributed by atoms with Gasteiger partial charge in [-0.25, -0.2) is 0 Å². The van der Waals surface area contributed by atoms with Crippen molar-refractivity contribution in [3.63, 3.8) is 0 Å². The summed E-state index contributed by atoms with van der Waals surface area (Å²) in [6.45, 7) is 0. The van der Waals surface area contributed by atoms with E-state index in [9.17, 15) is 0 Å². The monoisotopic (exact) mass is 645 g/mol. The first kappa shape index (κ1) is 28.2. The van der Waals surface area contributed by atoms with Crippen LogP contribution in [-0.2, 0) is 0 Å². The fourth-order valence-electron chi connectivity index (χ4n) is 8.80. The second-order valence-corrected chi connectivity index (χ2v) is 13.6. The van der Waals surface area contributed by atoms with Crippen molar-refractivity contribution < 1.29 is 0 Å². The summed E-state index contributed by atoms with van der Waals surface area (Å²) in [4.78, 5) is 0. The van der Waals surface area contributed by atoms with E-state index >= 15 is 0 Å². The fraction of sp³-hybridized carbons (Fsp3) is 0. The highest BCUT2D eigenvalue weighted by atomic mass is 15.0. The molecule has 0 atom stereocenters. The first-order chi connectivity index (χ1) is 25.3. The Morgan fingerprint density at radius 2 is 0.725 bits per heavy atom. The summed E-state index contributed by atoms with van der Waals surface area (Å²) < 4.78 is 2.47. The van der Waals surface area contributed by atoms with Crippen LogP contribution >= 0.6 is 0 Å². The molecule has 0 aliphatic heterocycles. The second-order valence-electron chi connectivity index (χ2n) is 13.6. The van der Waals surface area contributed by atoms with Crippen molar-refractivity contribution in [2.45, 2.75) is 0 Å². The molecular weight excluding hydrogens is 615 g/mol. The number of fused-ring (bicyclic) bond motifs is 10. The van der Waals surface area contributed by atoms with Crippen LogP contribution in [0.4, 0.5) is 0 Å². The molecule has 0 radical (unpaired) electrons. The zero-order valence-electron chi connectivity index (χ0n) is 27.8. The quantitative estimate of drug-likeness (QED) is 0.169. The van der Waals surface area contributed by atoms with Gasteiger partial charge in [0.25, 0.3) is 0 Å². The summed E-state index contributed by atoms with van der Waals surface area (Å²) in [7, 11) is 0. The van der Waals surface area contributed by atoms with Crippen molar-refractivity contribution in [1.82, 2.24) is 4.57 Å². The Morgan fingerprint density at radius 3 is 1.29 bits per heavy atom. The minimum Gasteiger partial charge on any atom is -0.309 e. The number of nitrogens with zero attached hydrogens (tertiary/aromatic N) is 1. The van der Waals surface area contributed by atoms with Gasteiger partial charge in [-0.1, -0.05) is 164 Å². The van der Waals surface area contributed by atoms with Crippen molar-refractivity contribution in [1.29, 1.82) is 0 Å². The SMILES string of the molecule is c1cc(-c2c3ccccc3c(-c3cccc4ccccc34)c3ccccc23)cc(-n2c3ccc4ccccc4c3c3c4ccccc4ccc32)c1. The summed E-state index contributed by atoms with van der Waals surface area (Å²) in [6.07, 6.45) is 0. The molecule has 0 spiro atoms. The third kappa shape index (κ3) is 4.09. The van der Waals surface area contributed by atoms with Crippen LogP contribution in [0.25, 0.3) is 104 Å². The Kier molecular flexibility index (Phi) is 6.02. The minimum atomic E-state index is 1.16. The number of rotatable bonds is 3. The lowest BCUT2D eigenvalue weighted by atomic mass is 9.84. The van der Waals surface area contributed by atoms with E-state index in [1.165, 1.54) is 97.9 Å². The molecule has 0 aliphatic carbocycles.